The first kappa shape index (κ1) is 34.7. The van der Waals surface area contributed by atoms with Crippen LogP contribution in [0.5, 0.6) is 11.5 Å². The molecule has 0 amide bonds. The second-order valence-electron chi connectivity index (χ2n) is 14.4. The van der Waals surface area contributed by atoms with Gasteiger partial charge in [-0.1, -0.05) is 30.3 Å². The quantitative estimate of drug-likeness (QED) is 0.0642. The number of alkyl halides is 3. The van der Waals surface area contributed by atoms with Crippen molar-refractivity contribution in [3.63, 3.8) is 0 Å². The normalized spacial score (nSPS) is 14.8. The van der Waals surface area contributed by atoms with Gasteiger partial charge in [-0.15, -0.1) is 0 Å². The van der Waals surface area contributed by atoms with Crippen molar-refractivity contribution >= 4 is 50.7 Å². The van der Waals surface area contributed by atoms with E-state index in [0.717, 1.165) is 85.0 Å². The van der Waals surface area contributed by atoms with Gasteiger partial charge in [-0.2, -0.15) is 23.4 Å². The molecule has 0 atom stereocenters. The number of rotatable bonds is 9. The number of hydrogen-bond acceptors (Lipinski definition) is 6. The van der Waals surface area contributed by atoms with Crippen molar-refractivity contribution in [2.75, 3.05) is 38.2 Å². The van der Waals surface area contributed by atoms with Gasteiger partial charge in [-0.3, -0.25) is 4.79 Å². The van der Waals surface area contributed by atoms with E-state index in [9.17, 15) is 18.0 Å². The highest BCUT2D eigenvalue weighted by Crippen LogP contribution is 2.46. The fourth-order valence-corrected chi connectivity index (χ4v) is 8.55. The van der Waals surface area contributed by atoms with Crippen LogP contribution in [0.25, 0.3) is 27.1 Å². The summed E-state index contributed by atoms with van der Waals surface area (Å²) in [6.07, 6.45) is 0.225. The SMILES string of the molecule is CN(CCCOC=O)c1ccc(N=Nc2ccc3c4c(ccc3c2)C(c2ccccc2C(F)(F)F)=c2ccc3c5c6c(cc3c2O4)CCC[N+]=6CCC5)cc1. The minimum atomic E-state index is -4.55. The van der Waals surface area contributed by atoms with Crippen LogP contribution < -0.4 is 24.8 Å². The number of fused-ring (bicyclic) bond motifs is 7. The molecule has 0 unspecified atom stereocenters. The Morgan fingerprint density at radius 1 is 0.818 bits per heavy atom. The average molecular weight is 740 g/mol. The summed E-state index contributed by atoms with van der Waals surface area (Å²) in [5.41, 5.74) is 5.47. The number of ether oxygens (including phenoxy) is 2. The first-order chi connectivity index (χ1) is 26.8. The molecule has 0 saturated carbocycles. The van der Waals surface area contributed by atoms with E-state index in [4.69, 9.17) is 9.47 Å². The average Bonchev–Trinajstić information content (AvgIpc) is 3.20. The lowest BCUT2D eigenvalue weighted by Gasteiger charge is -2.26. The summed E-state index contributed by atoms with van der Waals surface area (Å²) in [7, 11) is 1.97. The fraction of sp³-hybridized carbons (Fsp3) is 0.244. The van der Waals surface area contributed by atoms with Gasteiger partial charge in [0.15, 0.2) is 0 Å². The van der Waals surface area contributed by atoms with Gasteiger partial charge in [0.05, 0.1) is 23.5 Å². The Morgan fingerprint density at radius 2 is 1.58 bits per heavy atom. The van der Waals surface area contributed by atoms with E-state index in [-0.39, 0.29) is 5.56 Å². The van der Waals surface area contributed by atoms with Crippen LogP contribution in [-0.4, -0.2) is 39.8 Å². The zero-order valence-electron chi connectivity index (χ0n) is 30.3. The van der Waals surface area contributed by atoms with E-state index < -0.39 is 11.7 Å². The van der Waals surface area contributed by atoms with Gasteiger partial charge in [-0.05, 0) is 102 Å². The highest BCUT2D eigenvalue weighted by Gasteiger charge is 2.36. The summed E-state index contributed by atoms with van der Waals surface area (Å²) in [5.74, 6) is 1.12. The van der Waals surface area contributed by atoms with Crippen molar-refractivity contribution in [3.05, 3.63) is 135 Å². The molecule has 0 spiro atoms. The molecule has 276 valence electrons. The van der Waals surface area contributed by atoms with E-state index in [0.29, 0.717) is 52.3 Å². The Morgan fingerprint density at radius 3 is 2.40 bits per heavy atom. The van der Waals surface area contributed by atoms with E-state index in [2.05, 4.69) is 31.8 Å². The highest BCUT2D eigenvalue weighted by molar-refractivity contribution is 6.02. The number of carbonyl (C=O) groups is 1. The molecule has 3 aliphatic rings. The topological polar surface area (TPSA) is 66.5 Å². The summed E-state index contributed by atoms with van der Waals surface area (Å²) in [6.45, 7) is 3.66. The van der Waals surface area contributed by atoms with Gasteiger partial charge in [0.2, 0.25) is 5.36 Å². The lowest BCUT2D eigenvalue weighted by Crippen LogP contribution is -2.43. The van der Waals surface area contributed by atoms with Crippen LogP contribution >= 0.6 is 0 Å². The molecule has 6 aromatic carbocycles. The summed E-state index contributed by atoms with van der Waals surface area (Å²) in [5, 5.41) is 14.6. The van der Waals surface area contributed by atoms with E-state index >= 15 is 0 Å². The minimum Gasteiger partial charge on any atom is -0.468 e. The molecule has 3 aliphatic heterocycles. The van der Waals surface area contributed by atoms with Gasteiger partial charge in [-0.25, -0.2) is 4.58 Å². The largest absolute Gasteiger partial charge is 0.468 e. The predicted octanol–water partition coefficient (Wildman–Crippen LogP) is 9.16. The van der Waals surface area contributed by atoms with E-state index in [1.165, 1.54) is 22.6 Å². The predicted molar refractivity (Wildman–Crippen MR) is 208 cm³/mol. The number of aryl methyl sites for hydroxylation is 2. The Kier molecular flexibility index (Phi) is 8.83. The van der Waals surface area contributed by atoms with Crippen LogP contribution in [0.1, 0.15) is 47.1 Å². The standard InChI is InChI=1S/C45H38F3N4O3/c1-51(21-6-24-54-27-53)32-15-12-30(13-16-32)49-50-31-14-18-33-28(25-31)11-17-37-41(36-8-2-3-10-40(36)45(46,47)48)38-20-19-34-35-9-5-23-52-22-4-7-29(42(35)52)26-39(34)44(38)55-43(33)37/h2-3,8,10-20,25-27H,4-7,9,21-24H2,1H3/q+1. The van der Waals surface area contributed by atoms with Gasteiger partial charge in [0, 0.05) is 70.4 Å². The molecule has 6 aromatic rings. The Hall–Kier alpha value is -6.03. The maximum atomic E-state index is 14.7. The van der Waals surface area contributed by atoms with Crippen molar-refractivity contribution < 1.29 is 27.4 Å². The molecule has 0 N–H and O–H groups in total. The summed E-state index contributed by atoms with van der Waals surface area (Å²) in [6, 6.07) is 29.3. The third-order valence-electron chi connectivity index (χ3n) is 11.1. The van der Waals surface area contributed by atoms with Gasteiger partial charge in [0.1, 0.15) is 24.6 Å². The number of benzene rings is 6. The molecular weight excluding hydrogens is 702 g/mol. The number of anilines is 1. The van der Waals surface area contributed by atoms with Crippen molar-refractivity contribution in [2.45, 2.75) is 38.3 Å². The summed E-state index contributed by atoms with van der Waals surface area (Å²) < 4.78 is 58.2. The highest BCUT2D eigenvalue weighted by atomic mass is 19.4. The Labute approximate surface area is 315 Å². The maximum Gasteiger partial charge on any atom is 0.417 e. The van der Waals surface area contributed by atoms with Gasteiger partial charge < -0.3 is 14.4 Å². The van der Waals surface area contributed by atoms with Crippen LogP contribution in [0, 0.1) is 0 Å². The summed E-state index contributed by atoms with van der Waals surface area (Å²) in [4.78, 5) is 12.5. The van der Waals surface area contributed by atoms with E-state index in [1.54, 1.807) is 12.1 Å². The third kappa shape index (κ3) is 6.29. The first-order valence-electron chi connectivity index (χ1n) is 18.7. The molecule has 0 saturated heterocycles. The third-order valence-corrected chi connectivity index (χ3v) is 11.1. The second-order valence-corrected chi connectivity index (χ2v) is 14.4. The van der Waals surface area contributed by atoms with Gasteiger partial charge in [0.25, 0.3) is 6.47 Å². The fourth-order valence-electron chi connectivity index (χ4n) is 8.55. The van der Waals surface area contributed by atoms with Gasteiger partial charge >= 0.3 is 6.18 Å². The van der Waals surface area contributed by atoms with Crippen molar-refractivity contribution in [2.24, 2.45) is 10.2 Å². The number of halogens is 3. The van der Waals surface area contributed by atoms with Crippen molar-refractivity contribution in [3.8, 4) is 11.5 Å². The molecule has 0 radical (unpaired) electrons. The number of hydrogen-bond donors (Lipinski definition) is 0. The van der Waals surface area contributed by atoms with E-state index in [1.807, 2.05) is 67.7 Å². The smallest absolute Gasteiger partial charge is 0.417 e. The zero-order chi connectivity index (χ0) is 37.7. The van der Waals surface area contributed by atoms with Crippen LogP contribution in [0.15, 0.2) is 107 Å². The number of azo groups is 1. The molecule has 0 bridgehead atoms. The maximum absolute atomic E-state index is 14.7. The van der Waals surface area contributed by atoms with Crippen molar-refractivity contribution in [1.29, 1.82) is 0 Å². The van der Waals surface area contributed by atoms with Crippen molar-refractivity contribution in [1.82, 2.24) is 4.58 Å². The van der Waals surface area contributed by atoms with Crippen LogP contribution in [0.4, 0.5) is 30.2 Å². The molecule has 3 heterocycles. The zero-order valence-corrected chi connectivity index (χ0v) is 30.3. The molecule has 55 heavy (non-hydrogen) atoms. The molecule has 7 nitrogen and oxygen atoms in total. The minimum absolute atomic E-state index is 0.125. The molecule has 0 fully saturated rings. The second kappa shape index (κ2) is 14.0. The molecule has 0 aliphatic carbocycles. The Balaban J connectivity index is 1.14. The Bertz CT molecular complexity index is 2670. The first-order valence-corrected chi connectivity index (χ1v) is 18.7. The van der Waals surface area contributed by atoms with Crippen LogP contribution in [0.3, 0.4) is 0 Å². The number of nitrogens with zero attached hydrogens (tertiary/aromatic N) is 4. The monoisotopic (exact) mass is 739 g/mol. The van der Waals surface area contributed by atoms with Crippen LogP contribution in [-0.2, 0) is 28.5 Å². The lowest BCUT2D eigenvalue weighted by atomic mass is 9.85. The lowest BCUT2D eigenvalue weighted by molar-refractivity contribution is -0.137. The van der Waals surface area contributed by atoms with Crippen LogP contribution in [0.2, 0.25) is 0 Å². The molecular formula is C45H38F3N4O3+. The molecule has 9 rings (SSSR count). The summed E-state index contributed by atoms with van der Waals surface area (Å²) >= 11 is 0. The molecule has 10 heteroatoms. The number of carbonyl (C=O) groups excluding carboxylic acids is 1. The molecule has 0 aromatic heterocycles.